The number of rotatable bonds is 5. The molecule has 1 rings (SSSR count). The van der Waals surface area contributed by atoms with Crippen molar-refractivity contribution >= 4 is 11.9 Å². The van der Waals surface area contributed by atoms with E-state index in [2.05, 4.69) is 0 Å². The first-order chi connectivity index (χ1) is 7.91. The third-order valence-corrected chi connectivity index (χ3v) is 2.81. The molecule has 4 heteroatoms. The summed E-state index contributed by atoms with van der Waals surface area (Å²) in [4.78, 5) is 21.5. The number of carboxylic acid groups (broad SMARTS) is 2. The van der Waals surface area contributed by atoms with E-state index in [1.807, 2.05) is 0 Å². The Morgan fingerprint density at radius 1 is 1.06 bits per heavy atom. The van der Waals surface area contributed by atoms with E-state index in [0.29, 0.717) is 6.42 Å². The molecule has 0 aliphatic rings. The van der Waals surface area contributed by atoms with Crippen LogP contribution in [-0.2, 0) is 16.0 Å². The second-order valence-corrected chi connectivity index (χ2v) is 4.24. The molecule has 0 radical (unpaired) electrons. The number of carboxylic acids is 2. The Balaban J connectivity index is 2.75. The minimum atomic E-state index is -0.864. The van der Waals surface area contributed by atoms with Gasteiger partial charge in [0.15, 0.2) is 0 Å². The molecule has 0 fully saturated rings. The second-order valence-electron chi connectivity index (χ2n) is 4.24. The lowest BCUT2D eigenvalue weighted by atomic mass is 9.96. The van der Waals surface area contributed by atoms with Crippen LogP contribution in [0.5, 0.6) is 0 Å². The predicted octanol–water partition coefficient (Wildman–Crippen LogP) is 2.14. The number of benzene rings is 1. The summed E-state index contributed by atoms with van der Waals surface area (Å²) in [6.07, 6.45) is 0.455. The van der Waals surface area contributed by atoms with Crippen LogP contribution in [0.1, 0.15) is 30.9 Å². The second kappa shape index (κ2) is 5.48. The van der Waals surface area contributed by atoms with Crippen molar-refractivity contribution in [2.75, 3.05) is 0 Å². The highest BCUT2D eigenvalue weighted by Crippen LogP contribution is 2.17. The summed E-state index contributed by atoms with van der Waals surface area (Å²) in [7, 11) is 0. The van der Waals surface area contributed by atoms with Gasteiger partial charge in [-0.1, -0.05) is 31.2 Å². The molecule has 0 saturated carbocycles. The molecule has 0 heterocycles. The van der Waals surface area contributed by atoms with Crippen molar-refractivity contribution in [3.05, 3.63) is 35.4 Å². The molecule has 0 unspecified atom stereocenters. The van der Waals surface area contributed by atoms with Crippen molar-refractivity contribution in [2.24, 2.45) is 5.92 Å². The van der Waals surface area contributed by atoms with Gasteiger partial charge in [0.1, 0.15) is 0 Å². The highest BCUT2D eigenvalue weighted by atomic mass is 16.4. The molecule has 0 aromatic heterocycles. The zero-order chi connectivity index (χ0) is 13.0. The first-order valence-corrected chi connectivity index (χ1v) is 5.46. The molecular formula is C13H16O4. The zero-order valence-electron chi connectivity index (χ0n) is 9.88. The van der Waals surface area contributed by atoms with Gasteiger partial charge in [0.25, 0.3) is 0 Å². The van der Waals surface area contributed by atoms with E-state index in [1.54, 1.807) is 38.1 Å². The van der Waals surface area contributed by atoms with Crippen LogP contribution in [0.25, 0.3) is 0 Å². The number of aliphatic carboxylic acids is 2. The SMILES string of the molecule is C[C@H](Cc1ccc([C@@H](C)C(=O)O)cc1)C(=O)O. The Morgan fingerprint density at radius 3 is 2.00 bits per heavy atom. The first-order valence-electron chi connectivity index (χ1n) is 5.46. The van der Waals surface area contributed by atoms with E-state index in [1.165, 1.54) is 0 Å². The Hall–Kier alpha value is -1.84. The van der Waals surface area contributed by atoms with Crippen LogP contribution in [0.2, 0.25) is 0 Å². The van der Waals surface area contributed by atoms with Crippen molar-refractivity contribution in [3.8, 4) is 0 Å². The molecule has 0 bridgehead atoms. The van der Waals surface area contributed by atoms with E-state index in [4.69, 9.17) is 10.2 Å². The Kier molecular flexibility index (Phi) is 4.26. The van der Waals surface area contributed by atoms with Gasteiger partial charge >= 0.3 is 11.9 Å². The molecule has 4 nitrogen and oxygen atoms in total. The Morgan fingerprint density at radius 2 is 1.59 bits per heavy atom. The standard InChI is InChI=1S/C13H16O4/c1-8(12(14)15)7-10-3-5-11(6-4-10)9(2)13(16)17/h3-6,8-9H,7H2,1-2H3,(H,14,15)(H,16,17)/t8-,9-/m1/s1. The van der Waals surface area contributed by atoms with Gasteiger partial charge in [-0.15, -0.1) is 0 Å². The van der Waals surface area contributed by atoms with Gasteiger partial charge in [0, 0.05) is 0 Å². The third-order valence-electron chi connectivity index (χ3n) is 2.81. The maximum atomic E-state index is 10.8. The van der Waals surface area contributed by atoms with E-state index < -0.39 is 23.8 Å². The van der Waals surface area contributed by atoms with Gasteiger partial charge in [-0.25, -0.2) is 0 Å². The lowest BCUT2D eigenvalue weighted by molar-refractivity contribution is -0.141. The monoisotopic (exact) mass is 236 g/mol. The molecule has 1 aromatic carbocycles. The smallest absolute Gasteiger partial charge is 0.310 e. The van der Waals surface area contributed by atoms with Crippen LogP contribution < -0.4 is 0 Å². The highest BCUT2D eigenvalue weighted by Gasteiger charge is 2.14. The van der Waals surface area contributed by atoms with Gasteiger partial charge in [-0.05, 0) is 24.5 Å². The number of carbonyl (C=O) groups is 2. The topological polar surface area (TPSA) is 74.6 Å². The minimum Gasteiger partial charge on any atom is -0.481 e. The zero-order valence-corrected chi connectivity index (χ0v) is 9.88. The minimum absolute atomic E-state index is 0.433. The predicted molar refractivity (Wildman–Crippen MR) is 63.0 cm³/mol. The summed E-state index contributed by atoms with van der Waals surface area (Å²) in [5.41, 5.74) is 1.63. The lowest BCUT2D eigenvalue weighted by Gasteiger charge is -2.09. The van der Waals surface area contributed by atoms with Crippen molar-refractivity contribution in [3.63, 3.8) is 0 Å². The summed E-state index contributed by atoms with van der Waals surface area (Å²) in [6, 6.07) is 7.05. The highest BCUT2D eigenvalue weighted by molar-refractivity contribution is 5.75. The molecule has 0 amide bonds. The first kappa shape index (κ1) is 13.2. The van der Waals surface area contributed by atoms with Crippen molar-refractivity contribution in [2.45, 2.75) is 26.2 Å². The maximum Gasteiger partial charge on any atom is 0.310 e. The van der Waals surface area contributed by atoms with Crippen molar-refractivity contribution < 1.29 is 19.8 Å². The fraction of sp³-hybridized carbons (Fsp3) is 0.385. The van der Waals surface area contributed by atoms with Crippen LogP contribution in [0.3, 0.4) is 0 Å². The molecule has 1 aromatic rings. The molecule has 2 atom stereocenters. The van der Waals surface area contributed by atoms with Crippen LogP contribution in [-0.4, -0.2) is 22.2 Å². The van der Waals surface area contributed by atoms with Crippen LogP contribution >= 0.6 is 0 Å². The molecule has 0 aliphatic heterocycles. The molecule has 17 heavy (non-hydrogen) atoms. The summed E-state index contributed by atoms with van der Waals surface area (Å²) in [5, 5.41) is 17.6. The summed E-state index contributed by atoms with van der Waals surface area (Å²) in [6.45, 7) is 3.27. The van der Waals surface area contributed by atoms with Crippen molar-refractivity contribution in [1.29, 1.82) is 0 Å². The number of hydrogen-bond acceptors (Lipinski definition) is 2. The van der Waals surface area contributed by atoms with Gasteiger partial charge in [-0.2, -0.15) is 0 Å². The maximum absolute atomic E-state index is 10.8. The van der Waals surface area contributed by atoms with Crippen LogP contribution in [0.4, 0.5) is 0 Å². The van der Waals surface area contributed by atoms with Gasteiger partial charge < -0.3 is 10.2 Å². The summed E-state index contributed by atoms with van der Waals surface area (Å²) in [5.74, 6) is -2.66. The quantitative estimate of drug-likeness (QED) is 0.821. The molecule has 0 aliphatic carbocycles. The third kappa shape index (κ3) is 3.59. The molecule has 0 spiro atoms. The van der Waals surface area contributed by atoms with E-state index in [0.717, 1.165) is 11.1 Å². The molecule has 0 saturated heterocycles. The largest absolute Gasteiger partial charge is 0.481 e. The van der Waals surface area contributed by atoms with E-state index in [-0.39, 0.29) is 0 Å². The summed E-state index contributed by atoms with van der Waals surface area (Å²) < 4.78 is 0. The van der Waals surface area contributed by atoms with E-state index in [9.17, 15) is 9.59 Å². The Labute approximate surface area is 99.9 Å². The number of hydrogen-bond donors (Lipinski definition) is 2. The summed E-state index contributed by atoms with van der Waals surface area (Å²) >= 11 is 0. The van der Waals surface area contributed by atoms with Gasteiger partial charge in [0.05, 0.1) is 11.8 Å². The normalized spacial score (nSPS) is 14.0. The Bertz CT molecular complexity index is 408. The van der Waals surface area contributed by atoms with Gasteiger partial charge in [0.2, 0.25) is 0 Å². The fourth-order valence-electron chi connectivity index (χ4n) is 1.53. The van der Waals surface area contributed by atoms with Crippen molar-refractivity contribution in [1.82, 2.24) is 0 Å². The molecule has 2 N–H and O–H groups in total. The molecular weight excluding hydrogens is 220 g/mol. The average Bonchev–Trinajstić information content (AvgIpc) is 2.28. The van der Waals surface area contributed by atoms with Crippen LogP contribution in [0, 0.1) is 5.92 Å². The van der Waals surface area contributed by atoms with Gasteiger partial charge in [-0.3, -0.25) is 9.59 Å². The average molecular weight is 236 g/mol. The fourth-order valence-corrected chi connectivity index (χ4v) is 1.53. The lowest BCUT2D eigenvalue weighted by Crippen LogP contribution is -2.12. The molecule has 92 valence electrons. The van der Waals surface area contributed by atoms with Crippen LogP contribution in [0.15, 0.2) is 24.3 Å². The van der Waals surface area contributed by atoms with E-state index >= 15 is 0 Å².